The number of benzene rings is 1. The van der Waals surface area contributed by atoms with Crippen molar-refractivity contribution >= 4 is 5.91 Å². The van der Waals surface area contributed by atoms with Crippen LogP contribution in [-0.4, -0.2) is 33.5 Å². The van der Waals surface area contributed by atoms with Crippen molar-refractivity contribution < 1.29 is 14.1 Å². The monoisotopic (exact) mass is 382 g/mol. The normalized spacial score (nSPS) is 12.0. The Hall–Kier alpha value is -3.09. The Labute approximate surface area is 164 Å². The topological polar surface area (TPSA) is 82.2 Å². The molecule has 0 bridgehead atoms. The fraction of sp³-hybridized carbons (Fsp3) is 0.381. The minimum absolute atomic E-state index is 0.181. The number of rotatable bonds is 7. The highest BCUT2D eigenvalue weighted by Crippen LogP contribution is 2.17. The van der Waals surface area contributed by atoms with E-state index < -0.39 is 0 Å². The van der Waals surface area contributed by atoms with Crippen LogP contribution in [-0.2, 0) is 6.54 Å². The Morgan fingerprint density at radius 1 is 1.21 bits per heavy atom. The zero-order valence-electron chi connectivity index (χ0n) is 16.9. The summed E-state index contributed by atoms with van der Waals surface area (Å²) in [6.07, 6.45) is -0.181. The smallest absolute Gasteiger partial charge is 0.273 e. The van der Waals surface area contributed by atoms with Gasteiger partial charge in [-0.2, -0.15) is 5.10 Å². The number of ether oxygens (including phenoxy) is 1. The molecule has 148 valence electrons. The molecule has 2 aromatic heterocycles. The highest BCUT2D eigenvalue weighted by molar-refractivity contribution is 5.93. The number of hydrogen-bond acceptors (Lipinski definition) is 5. The van der Waals surface area contributed by atoms with Crippen LogP contribution in [0.15, 0.2) is 34.9 Å². The van der Waals surface area contributed by atoms with E-state index in [9.17, 15) is 4.79 Å². The van der Waals surface area contributed by atoms with Crippen molar-refractivity contribution in [3.63, 3.8) is 0 Å². The summed E-state index contributed by atoms with van der Waals surface area (Å²) in [7, 11) is 0. The van der Waals surface area contributed by atoms with E-state index in [4.69, 9.17) is 9.26 Å². The van der Waals surface area contributed by atoms with Gasteiger partial charge >= 0.3 is 0 Å². The van der Waals surface area contributed by atoms with Gasteiger partial charge in [-0.1, -0.05) is 22.9 Å². The zero-order chi connectivity index (χ0) is 20.3. The van der Waals surface area contributed by atoms with E-state index in [1.54, 1.807) is 6.92 Å². The van der Waals surface area contributed by atoms with E-state index >= 15 is 0 Å². The van der Waals surface area contributed by atoms with Crippen LogP contribution in [0, 0.1) is 27.7 Å². The van der Waals surface area contributed by atoms with Crippen molar-refractivity contribution in [3.05, 3.63) is 64.3 Å². The van der Waals surface area contributed by atoms with Crippen molar-refractivity contribution in [2.45, 2.75) is 47.3 Å². The lowest BCUT2D eigenvalue weighted by molar-refractivity contribution is 0.0922. The summed E-state index contributed by atoms with van der Waals surface area (Å²) in [6, 6.07) is 9.81. The van der Waals surface area contributed by atoms with Crippen molar-refractivity contribution in [1.82, 2.24) is 20.3 Å². The summed E-state index contributed by atoms with van der Waals surface area (Å²) in [5.41, 5.74) is 4.14. The third kappa shape index (κ3) is 4.60. The molecule has 7 heteroatoms. The van der Waals surface area contributed by atoms with Crippen LogP contribution < -0.4 is 10.1 Å². The summed E-state index contributed by atoms with van der Waals surface area (Å²) < 4.78 is 12.9. The first kappa shape index (κ1) is 19.7. The molecule has 0 spiro atoms. The van der Waals surface area contributed by atoms with Gasteiger partial charge in [-0.05, 0) is 52.8 Å². The average Bonchev–Trinajstić information content (AvgIpc) is 3.17. The molecule has 2 heterocycles. The summed E-state index contributed by atoms with van der Waals surface area (Å²) in [5.74, 6) is 1.10. The Bertz CT molecular complexity index is 957. The average molecular weight is 382 g/mol. The van der Waals surface area contributed by atoms with Gasteiger partial charge in [-0.3, -0.25) is 9.48 Å². The van der Waals surface area contributed by atoms with Gasteiger partial charge in [-0.25, -0.2) is 0 Å². The number of nitrogens with one attached hydrogen (secondary N) is 1. The van der Waals surface area contributed by atoms with Gasteiger partial charge in [0.25, 0.3) is 5.91 Å². The first-order chi connectivity index (χ1) is 13.3. The lowest BCUT2D eigenvalue weighted by atomic mass is 10.2. The molecule has 0 unspecified atom stereocenters. The number of aromatic nitrogens is 3. The first-order valence-corrected chi connectivity index (χ1v) is 9.31. The largest absolute Gasteiger partial charge is 0.489 e. The van der Waals surface area contributed by atoms with Crippen molar-refractivity contribution in [2.24, 2.45) is 0 Å². The number of hydrogen-bond donors (Lipinski definition) is 1. The highest BCUT2D eigenvalue weighted by atomic mass is 16.5. The lowest BCUT2D eigenvalue weighted by Crippen LogP contribution is -2.34. The Morgan fingerprint density at radius 2 is 1.93 bits per heavy atom. The standard InChI is InChI=1S/C21H26N4O3/c1-13-6-8-18(9-7-13)27-16(4)11-22-21(26)20-19(17(5)28-24-20)12-25-15(3)10-14(2)23-25/h6-10,16H,11-12H2,1-5H3,(H,22,26)/t16-/m0/s1. The van der Waals surface area contributed by atoms with E-state index in [-0.39, 0.29) is 17.7 Å². The molecule has 1 atom stereocenters. The van der Waals surface area contributed by atoms with Gasteiger partial charge in [0.1, 0.15) is 17.6 Å². The van der Waals surface area contributed by atoms with Crippen LogP contribution in [0.5, 0.6) is 5.75 Å². The molecule has 7 nitrogen and oxygen atoms in total. The molecule has 0 aliphatic heterocycles. The quantitative estimate of drug-likeness (QED) is 0.678. The number of carbonyl (C=O) groups excluding carboxylic acids is 1. The van der Waals surface area contributed by atoms with Gasteiger partial charge in [0.2, 0.25) is 0 Å². The molecule has 0 aliphatic carbocycles. The van der Waals surface area contributed by atoms with Crippen LogP contribution in [0.4, 0.5) is 0 Å². The summed E-state index contributed by atoms with van der Waals surface area (Å²) in [6.45, 7) is 10.4. The maximum absolute atomic E-state index is 12.6. The predicted molar refractivity (Wildman–Crippen MR) is 106 cm³/mol. The van der Waals surface area contributed by atoms with Crippen LogP contribution in [0.3, 0.4) is 0 Å². The van der Waals surface area contributed by atoms with Crippen LogP contribution >= 0.6 is 0 Å². The zero-order valence-corrected chi connectivity index (χ0v) is 16.9. The molecule has 0 saturated heterocycles. The van der Waals surface area contributed by atoms with Crippen LogP contribution in [0.25, 0.3) is 0 Å². The molecule has 0 saturated carbocycles. The molecule has 0 fully saturated rings. The van der Waals surface area contributed by atoms with Gasteiger partial charge in [-0.15, -0.1) is 0 Å². The van der Waals surface area contributed by atoms with E-state index in [0.717, 1.165) is 22.7 Å². The Balaban J connectivity index is 1.63. The minimum Gasteiger partial charge on any atom is -0.489 e. The summed E-state index contributed by atoms with van der Waals surface area (Å²) in [5, 5.41) is 11.3. The fourth-order valence-electron chi connectivity index (χ4n) is 2.95. The molecular formula is C21H26N4O3. The second-order valence-electron chi connectivity index (χ2n) is 7.10. The molecule has 0 aliphatic rings. The van der Waals surface area contributed by atoms with Crippen LogP contribution in [0.1, 0.15) is 45.7 Å². The second kappa shape index (κ2) is 8.29. The Kier molecular flexibility index (Phi) is 5.82. The van der Waals surface area contributed by atoms with Gasteiger partial charge in [0.15, 0.2) is 5.69 Å². The molecular weight excluding hydrogens is 356 g/mol. The molecule has 1 amide bonds. The van der Waals surface area contributed by atoms with Crippen molar-refractivity contribution in [1.29, 1.82) is 0 Å². The van der Waals surface area contributed by atoms with Crippen molar-refractivity contribution in [3.8, 4) is 5.75 Å². The summed E-state index contributed by atoms with van der Waals surface area (Å²) in [4.78, 5) is 12.6. The van der Waals surface area contributed by atoms with Gasteiger partial charge < -0.3 is 14.6 Å². The molecule has 3 rings (SSSR count). The Morgan fingerprint density at radius 3 is 2.57 bits per heavy atom. The molecule has 3 aromatic rings. The number of amides is 1. The summed E-state index contributed by atoms with van der Waals surface area (Å²) >= 11 is 0. The molecule has 0 radical (unpaired) electrons. The lowest BCUT2D eigenvalue weighted by Gasteiger charge is -2.15. The second-order valence-corrected chi connectivity index (χ2v) is 7.10. The maximum atomic E-state index is 12.6. The molecule has 1 aromatic carbocycles. The van der Waals surface area contributed by atoms with E-state index in [1.807, 2.05) is 62.7 Å². The SMILES string of the molecule is Cc1ccc(O[C@@H](C)CNC(=O)c2noc(C)c2Cn2nc(C)cc2C)cc1. The molecule has 28 heavy (non-hydrogen) atoms. The van der Waals surface area contributed by atoms with E-state index in [2.05, 4.69) is 15.6 Å². The third-order valence-corrected chi connectivity index (χ3v) is 4.52. The van der Waals surface area contributed by atoms with Gasteiger partial charge in [0, 0.05) is 11.3 Å². The maximum Gasteiger partial charge on any atom is 0.273 e. The number of aryl methyl sites for hydroxylation is 4. The third-order valence-electron chi connectivity index (χ3n) is 4.52. The highest BCUT2D eigenvalue weighted by Gasteiger charge is 2.21. The predicted octanol–water partition coefficient (Wildman–Crippen LogP) is 3.35. The van der Waals surface area contributed by atoms with Crippen molar-refractivity contribution in [2.75, 3.05) is 6.54 Å². The van der Waals surface area contributed by atoms with E-state index in [1.165, 1.54) is 5.56 Å². The van der Waals surface area contributed by atoms with Crippen LogP contribution in [0.2, 0.25) is 0 Å². The number of carbonyl (C=O) groups is 1. The molecule has 1 N–H and O–H groups in total. The minimum atomic E-state index is -0.285. The number of nitrogens with zero attached hydrogens (tertiary/aromatic N) is 3. The van der Waals surface area contributed by atoms with Gasteiger partial charge in [0.05, 0.1) is 18.8 Å². The fourth-order valence-corrected chi connectivity index (χ4v) is 2.95. The first-order valence-electron chi connectivity index (χ1n) is 9.31. The van der Waals surface area contributed by atoms with E-state index in [0.29, 0.717) is 18.8 Å².